The van der Waals surface area contributed by atoms with E-state index in [-0.39, 0.29) is 10.7 Å². The fourth-order valence-corrected chi connectivity index (χ4v) is 5.22. The summed E-state index contributed by atoms with van der Waals surface area (Å²) in [4.78, 5) is 22.6. The number of rotatable bonds is 7. The van der Waals surface area contributed by atoms with Crippen molar-refractivity contribution in [1.82, 2.24) is 9.88 Å². The first kappa shape index (κ1) is 21.7. The van der Waals surface area contributed by atoms with E-state index in [9.17, 15) is 13.2 Å². The zero-order valence-corrected chi connectivity index (χ0v) is 19.0. The van der Waals surface area contributed by atoms with Crippen LogP contribution in [0.4, 0.5) is 5.13 Å². The lowest BCUT2D eigenvalue weighted by Crippen LogP contribution is -2.46. The van der Waals surface area contributed by atoms with Crippen LogP contribution in [0, 0.1) is 0 Å². The smallest absolute Gasteiger partial charge is 0.204 e. The van der Waals surface area contributed by atoms with Gasteiger partial charge in [0.1, 0.15) is 0 Å². The number of thiazole rings is 1. The van der Waals surface area contributed by atoms with Crippen molar-refractivity contribution in [3.05, 3.63) is 76.8 Å². The molecule has 0 atom stereocenters. The van der Waals surface area contributed by atoms with E-state index in [2.05, 4.69) is 39.0 Å². The second-order valence-corrected chi connectivity index (χ2v) is 10.7. The van der Waals surface area contributed by atoms with Crippen LogP contribution in [-0.2, 0) is 16.3 Å². The fraction of sp³-hybridized carbons (Fsp3) is 0.304. The Morgan fingerprint density at radius 3 is 2.48 bits per heavy atom. The molecule has 0 aliphatic carbocycles. The number of anilines is 1. The number of aromatic nitrogens is 1. The van der Waals surface area contributed by atoms with Gasteiger partial charge in [-0.15, -0.1) is 0 Å². The number of ketones is 1. The molecular weight excluding hydrogens is 430 g/mol. The van der Waals surface area contributed by atoms with E-state index in [1.807, 2.05) is 6.07 Å². The quantitative estimate of drug-likeness (QED) is 0.510. The average Bonchev–Trinajstić information content (AvgIpc) is 3.28. The molecule has 0 unspecified atom stereocenters. The molecule has 8 heteroatoms. The lowest BCUT2D eigenvalue weighted by molar-refractivity contribution is 0.104. The summed E-state index contributed by atoms with van der Waals surface area (Å²) >= 11 is 1.36. The summed E-state index contributed by atoms with van der Waals surface area (Å²) in [7, 11) is -3.36. The van der Waals surface area contributed by atoms with Crippen LogP contribution >= 0.6 is 11.3 Å². The first-order valence-corrected chi connectivity index (χ1v) is 12.9. The molecule has 0 radical (unpaired) electrons. The van der Waals surface area contributed by atoms with Crippen molar-refractivity contribution < 1.29 is 13.2 Å². The van der Waals surface area contributed by atoms with Gasteiger partial charge in [0, 0.05) is 44.5 Å². The minimum absolute atomic E-state index is 0.148. The molecule has 31 heavy (non-hydrogen) atoms. The summed E-state index contributed by atoms with van der Waals surface area (Å²) in [6, 6.07) is 16.7. The minimum Gasteiger partial charge on any atom is -0.346 e. The van der Waals surface area contributed by atoms with Gasteiger partial charge < -0.3 is 4.90 Å². The van der Waals surface area contributed by atoms with Crippen molar-refractivity contribution in [2.75, 3.05) is 43.9 Å². The summed E-state index contributed by atoms with van der Waals surface area (Å²) < 4.78 is 23.6. The second-order valence-electron chi connectivity index (χ2n) is 7.70. The molecule has 1 aliphatic heterocycles. The monoisotopic (exact) mass is 455 g/mol. The maximum absolute atomic E-state index is 12.8. The van der Waals surface area contributed by atoms with Crippen LogP contribution < -0.4 is 4.90 Å². The van der Waals surface area contributed by atoms with Crippen LogP contribution in [0.3, 0.4) is 0 Å². The largest absolute Gasteiger partial charge is 0.346 e. The number of nitrogens with zero attached hydrogens (tertiary/aromatic N) is 3. The first-order chi connectivity index (χ1) is 14.9. The van der Waals surface area contributed by atoms with E-state index in [0.29, 0.717) is 10.4 Å². The Balaban J connectivity index is 1.36. The fourth-order valence-electron chi connectivity index (χ4n) is 3.62. The summed E-state index contributed by atoms with van der Waals surface area (Å²) in [5.41, 5.74) is 1.72. The van der Waals surface area contributed by atoms with E-state index < -0.39 is 9.84 Å². The highest BCUT2D eigenvalue weighted by Crippen LogP contribution is 2.26. The Morgan fingerprint density at radius 2 is 1.77 bits per heavy atom. The molecule has 0 saturated carbocycles. The van der Waals surface area contributed by atoms with Gasteiger partial charge in [0.25, 0.3) is 0 Å². The van der Waals surface area contributed by atoms with E-state index >= 15 is 0 Å². The zero-order valence-electron chi connectivity index (χ0n) is 17.4. The van der Waals surface area contributed by atoms with Gasteiger partial charge in [0.15, 0.2) is 15.0 Å². The van der Waals surface area contributed by atoms with Crippen LogP contribution in [0.5, 0.6) is 0 Å². The number of benzene rings is 2. The second kappa shape index (κ2) is 9.30. The molecule has 3 aromatic rings. The normalized spacial score (nSPS) is 15.2. The number of sulfone groups is 1. The number of carbonyl (C=O) groups is 1. The summed E-state index contributed by atoms with van der Waals surface area (Å²) in [5, 5.41) is 0.838. The Kier molecular flexibility index (Phi) is 6.50. The third-order valence-corrected chi connectivity index (χ3v) is 7.61. The van der Waals surface area contributed by atoms with Gasteiger partial charge in [0.2, 0.25) is 5.78 Å². The van der Waals surface area contributed by atoms with Crippen molar-refractivity contribution in [1.29, 1.82) is 0 Å². The number of hydrogen-bond donors (Lipinski definition) is 0. The first-order valence-electron chi connectivity index (χ1n) is 10.2. The molecule has 1 fully saturated rings. The predicted octanol–water partition coefficient (Wildman–Crippen LogP) is 3.14. The molecule has 1 aromatic heterocycles. The van der Waals surface area contributed by atoms with Crippen molar-refractivity contribution in [2.45, 2.75) is 11.3 Å². The third kappa shape index (κ3) is 5.39. The van der Waals surface area contributed by atoms with E-state index in [4.69, 9.17) is 0 Å². The molecule has 4 rings (SSSR count). The highest BCUT2D eigenvalue weighted by atomic mass is 32.2. The maximum atomic E-state index is 12.8. The molecule has 0 N–H and O–H groups in total. The third-order valence-electron chi connectivity index (χ3n) is 5.44. The topological polar surface area (TPSA) is 70.6 Å². The van der Waals surface area contributed by atoms with Crippen LogP contribution in [0.2, 0.25) is 0 Å². The predicted molar refractivity (Wildman–Crippen MR) is 124 cm³/mol. The molecule has 1 saturated heterocycles. The standard InChI is InChI=1S/C23H25N3O3S2/c1-31(28,29)20-9-5-8-19(16-20)22(27)21-17-24-23(30-21)26-14-12-25(13-15-26)11-10-18-6-3-2-4-7-18/h2-9,16-17H,10-15H2,1H3. The highest BCUT2D eigenvalue weighted by Gasteiger charge is 2.21. The van der Waals surface area contributed by atoms with E-state index in [0.717, 1.165) is 50.5 Å². The molecule has 2 heterocycles. The molecule has 2 aromatic carbocycles. The van der Waals surface area contributed by atoms with Gasteiger partial charge in [-0.25, -0.2) is 13.4 Å². The number of piperazine rings is 1. The van der Waals surface area contributed by atoms with E-state index in [1.54, 1.807) is 18.3 Å². The molecule has 0 amide bonds. The molecule has 0 spiro atoms. The lowest BCUT2D eigenvalue weighted by Gasteiger charge is -2.34. The summed E-state index contributed by atoms with van der Waals surface area (Å²) in [5.74, 6) is -0.198. The SMILES string of the molecule is CS(=O)(=O)c1cccc(C(=O)c2cnc(N3CCN(CCc4ccccc4)CC3)s2)c1. The zero-order chi connectivity index (χ0) is 21.8. The van der Waals surface area contributed by atoms with Crippen LogP contribution in [0.1, 0.15) is 20.8 Å². The van der Waals surface area contributed by atoms with Crippen molar-refractivity contribution in [2.24, 2.45) is 0 Å². The lowest BCUT2D eigenvalue weighted by atomic mass is 10.1. The van der Waals surface area contributed by atoms with Gasteiger partial charge in [-0.2, -0.15) is 0 Å². The maximum Gasteiger partial charge on any atom is 0.204 e. The van der Waals surface area contributed by atoms with Gasteiger partial charge in [-0.1, -0.05) is 53.8 Å². The van der Waals surface area contributed by atoms with E-state index in [1.165, 1.54) is 29.0 Å². The number of carbonyl (C=O) groups excluding carboxylic acids is 1. The average molecular weight is 456 g/mol. The van der Waals surface area contributed by atoms with Crippen LogP contribution in [0.25, 0.3) is 0 Å². The van der Waals surface area contributed by atoms with Gasteiger partial charge in [0.05, 0.1) is 16.0 Å². The summed E-state index contributed by atoms with van der Waals surface area (Å²) in [6.07, 6.45) is 3.78. The Morgan fingerprint density at radius 1 is 1.03 bits per heavy atom. The van der Waals surface area contributed by atoms with Gasteiger partial charge in [-0.3, -0.25) is 9.69 Å². The minimum atomic E-state index is -3.36. The van der Waals surface area contributed by atoms with Gasteiger partial charge >= 0.3 is 0 Å². The Hall–Kier alpha value is -2.55. The highest BCUT2D eigenvalue weighted by molar-refractivity contribution is 7.90. The van der Waals surface area contributed by atoms with Crippen molar-refractivity contribution >= 4 is 32.1 Å². The molecule has 6 nitrogen and oxygen atoms in total. The van der Waals surface area contributed by atoms with Crippen LogP contribution in [-0.4, -0.2) is 63.1 Å². The van der Waals surface area contributed by atoms with Crippen molar-refractivity contribution in [3.63, 3.8) is 0 Å². The molecular formula is C23H25N3O3S2. The van der Waals surface area contributed by atoms with Gasteiger partial charge in [-0.05, 0) is 24.1 Å². The number of hydrogen-bond acceptors (Lipinski definition) is 7. The Bertz CT molecular complexity index is 1150. The molecule has 162 valence electrons. The molecule has 1 aliphatic rings. The van der Waals surface area contributed by atoms with Crippen LogP contribution in [0.15, 0.2) is 65.7 Å². The molecule has 0 bridgehead atoms. The van der Waals surface area contributed by atoms with Crippen molar-refractivity contribution in [3.8, 4) is 0 Å². The summed E-state index contributed by atoms with van der Waals surface area (Å²) in [6.45, 7) is 4.72. The Labute approximate surface area is 187 Å².